The summed E-state index contributed by atoms with van der Waals surface area (Å²) in [6.45, 7) is 0.112. The average Bonchev–Trinajstić information content (AvgIpc) is 2.51. The Morgan fingerprint density at radius 3 is 2.67 bits per heavy atom. The summed E-state index contributed by atoms with van der Waals surface area (Å²) in [5.74, 6) is 0. The van der Waals surface area contributed by atoms with Crippen LogP contribution < -0.4 is 5.56 Å². The highest BCUT2D eigenvalue weighted by molar-refractivity contribution is 6.31. The van der Waals surface area contributed by atoms with Crippen LogP contribution in [0.3, 0.4) is 0 Å². The van der Waals surface area contributed by atoms with Gasteiger partial charge in [0.2, 0.25) is 0 Å². The number of halogens is 1. The van der Waals surface area contributed by atoms with E-state index in [0.717, 1.165) is 0 Å². The van der Waals surface area contributed by atoms with E-state index in [4.69, 9.17) is 11.6 Å². The highest BCUT2D eigenvalue weighted by Gasteiger charge is 2.13. The SMILES string of the molecule is O=c1c2ccccc2ncn1C[C@@H](O)c1ccccc1Cl. The molecule has 5 heteroatoms. The van der Waals surface area contributed by atoms with Gasteiger partial charge in [-0.3, -0.25) is 9.36 Å². The first-order valence-corrected chi connectivity index (χ1v) is 6.91. The molecule has 3 rings (SSSR count). The number of aliphatic hydroxyl groups is 1. The van der Waals surface area contributed by atoms with E-state index in [9.17, 15) is 9.90 Å². The summed E-state index contributed by atoms with van der Waals surface area (Å²) < 4.78 is 1.40. The Morgan fingerprint density at radius 2 is 1.86 bits per heavy atom. The lowest BCUT2D eigenvalue weighted by Crippen LogP contribution is -2.23. The maximum Gasteiger partial charge on any atom is 0.261 e. The molecule has 0 aliphatic rings. The third-order valence-corrected chi connectivity index (χ3v) is 3.71. The largest absolute Gasteiger partial charge is 0.386 e. The van der Waals surface area contributed by atoms with Gasteiger partial charge >= 0.3 is 0 Å². The zero-order valence-electron chi connectivity index (χ0n) is 11.1. The highest BCUT2D eigenvalue weighted by Crippen LogP contribution is 2.23. The first-order chi connectivity index (χ1) is 10.2. The molecule has 0 aliphatic carbocycles. The number of rotatable bonds is 3. The normalized spacial score (nSPS) is 12.5. The third kappa shape index (κ3) is 2.68. The second-order valence-corrected chi connectivity index (χ2v) is 5.16. The minimum atomic E-state index is -0.862. The molecule has 0 saturated heterocycles. The molecule has 0 saturated carbocycles. The lowest BCUT2D eigenvalue weighted by atomic mass is 10.1. The molecule has 0 amide bonds. The van der Waals surface area contributed by atoms with Crippen molar-refractivity contribution in [2.45, 2.75) is 12.6 Å². The molecule has 21 heavy (non-hydrogen) atoms. The van der Waals surface area contributed by atoms with Crippen molar-refractivity contribution in [1.29, 1.82) is 0 Å². The molecule has 1 atom stereocenters. The molecule has 0 spiro atoms. The molecule has 4 nitrogen and oxygen atoms in total. The van der Waals surface area contributed by atoms with Gasteiger partial charge in [0.1, 0.15) is 0 Å². The molecule has 3 aromatic rings. The van der Waals surface area contributed by atoms with E-state index in [2.05, 4.69) is 4.98 Å². The van der Waals surface area contributed by atoms with Gasteiger partial charge in [-0.2, -0.15) is 0 Å². The van der Waals surface area contributed by atoms with Crippen LogP contribution in [-0.4, -0.2) is 14.7 Å². The Balaban J connectivity index is 1.97. The second kappa shape index (κ2) is 5.68. The number of aliphatic hydroxyl groups excluding tert-OH is 1. The number of hydrogen-bond donors (Lipinski definition) is 1. The van der Waals surface area contributed by atoms with Crippen LogP contribution in [0.25, 0.3) is 10.9 Å². The van der Waals surface area contributed by atoms with E-state index in [0.29, 0.717) is 21.5 Å². The summed E-state index contributed by atoms with van der Waals surface area (Å²) >= 11 is 6.06. The first kappa shape index (κ1) is 13.8. The third-order valence-electron chi connectivity index (χ3n) is 3.37. The minimum absolute atomic E-state index is 0.112. The van der Waals surface area contributed by atoms with E-state index < -0.39 is 6.10 Å². The zero-order chi connectivity index (χ0) is 14.8. The molecule has 0 aliphatic heterocycles. The fourth-order valence-corrected chi connectivity index (χ4v) is 2.53. The molecular weight excluding hydrogens is 288 g/mol. The quantitative estimate of drug-likeness (QED) is 0.809. The van der Waals surface area contributed by atoms with Gasteiger partial charge in [0.25, 0.3) is 5.56 Å². The van der Waals surface area contributed by atoms with E-state index in [1.54, 1.807) is 42.5 Å². The summed E-state index contributed by atoms with van der Waals surface area (Å²) in [5.41, 5.74) is 1.07. The molecule has 1 heterocycles. The van der Waals surface area contributed by atoms with Crippen molar-refractivity contribution in [2.24, 2.45) is 0 Å². The minimum Gasteiger partial charge on any atom is -0.386 e. The van der Waals surface area contributed by atoms with Gasteiger partial charge in [-0.15, -0.1) is 0 Å². The van der Waals surface area contributed by atoms with Crippen molar-refractivity contribution in [2.75, 3.05) is 0 Å². The molecule has 1 aromatic heterocycles. The van der Waals surface area contributed by atoms with Crippen molar-refractivity contribution in [3.05, 3.63) is 75.8 Å². The van der Waals surface area contributed by atoms with Crippen LogP contribution >= 0.6 is 11.6 Å². The van der Waals surface area contributed by atoms with Gasteiger partial charge in [0.05, 0.1) is 29.9 Å². The Hall–Kier alpha value is -2.17. The van der Waals surface area contributed by atoms with E-state index >= 15 is 0 Å². The van der Waals surface area contributed by atoms with Gasteiger partial charge in [-0.1, -0.05) is 41.9 Å². The lowest BCUT2D eigenvalue weighted by Gasteiger charge is -2.14. The van der Waals surface area contributed by atoms with Gasteiger partial charge in [0, 0.05) is 10.6 Å². The molecule has 0 unspecified atom stereocenters. The lowest BCUT2D eigenvalue weighted by molar-refractivity contribution is 0.155. The summed E-state index contributed by atoms with van der Waals surface area (Å²) in [5, 5.41) is 11.3. The maximum atomic E-state index is 12.4. The standard InChI is InChI=1S/C16H13ClN2O2/c17-13-7-3-1-5-11(13)15(20)9-19-10-18-14-8-4-2-6-12(14)16(19)21/h1-8,10,15,20H,9H2/t15-/m1/s1. The number of hydrogen-bond acceptors (Lipinski definition) is 3. The van der Waals surface area contributed by atoms with Gasteiger partial charge in [-0.25, -0.2) is 4.98 Å². The van der Waals surface area contributed by atoms with Crippen LogP contribution in [-0.2, 0) is 6.54 Å². The number of benzene rings is 2. The second-order valence-electron chi connectivity index (χ2n) is 4.76. The summed E-state index contributed by atoms with van der Waals surface area (Å²) in [6, 6.07) is 14.2. The van der Waals surface area contributed by atoms with Crippen LogP contribution in [0.2, 0.25) is 5.02 Å². The predicted molar refractivity (Wildman–Crippen MR) is 82.4 cm³/mol. The molecule has 0 bridgehead atoms. The first-order valence-electron chi connectivity index (χ1n) is 6.53. The van der Waals surface area contributed by atoms with E-state index in [-0.39, 0.29) is 12.1 Å². The number of para-hydroxylation sites is 1. The number of nitrogens with zero attached hydrogens (tertiary/aromatic N) is 2. The van der Waals surface area contributed by atoms with Gasteiger partial charge in [-0.05, 0) is 18.2 Å². The van der Waals surface area contributed by atoms with Crippen LogP contribution in [0.4, 0.5) is 0 Å². The van der Waals surface area contributed by atoms with E-state index in [1.807, 2.05) is 6.07 Å². The van der Waals surface area contributed by atoms with Crippen molar-refractivity contribution < 1.29 is 5.11 Å². The van der Waals surface area contributed by atoms with Gasteiger partial charge in [0.15, 0.2) is 0 Å². The Labute approximate surface area is 126 Å². The summed E-state index contributed by atoms with van der Waals surface area (Å²) in [6.07, 6.45) is 0.587. The number of fused-ring (bicyclic) bond motifs is 1. The maximum absolute atomic E-state index is 12.4. The van der Waals surface area contributed by atoms with Crippen molar-refractivity contribution in [3.8, 4) is 0 Å². The smallest absolute Gasteiger partial charge is 0.261 e. The fourth-order valence-electron chi connectivity index (χ4n) is 2.27. The molecule has 106 valence electrons. The molecule has 0 fully saturated rings. The molecule has 1 N–H and O–H groups in total. The van der Waals surface area contributed by atoms with Crippen LogP contribution in [0, 0.1) is 0 Å². The topological polar surface area (TPSA) is 55.1 Å². The van der Waals surface area contributed by atoms with E-state index in [1.165, 1.54) is 10.9 Å². The molecular formula is C16H13ClN2O2. The summed E-state index contributed by atoms with van der Waals surface area (Å²) in [7, 11) is 0. The highest BCUT2D eigenvalue weighted by atomic mass is 35.5. The summed E-state index contributed by atoms with van der Waals surface area (Å²) in [4.78, 5) is 16.6. The molecule has 0 radical (unpaired) electrons. The Kier molecular flexibility index (Phi) is 3.73. The van der Waals surface area contributed by atoms with Crippen molar-refractivity contribution in [3.63, 3.8) is 0 Å². The van der Waals surface area contributed by atoms with Crippen molar-refractivity contribution >= 4 is 22.5 Å². The van der Waals surface area contributed by atoms with Crippen molar-refractivity contribution in [1.82, 2.24) is 9.55 Å². The van der Waals surface area contributed by atoms with Crippen LogP contribution in [0.1, 0.15) is 11.7 Å². The number of aromatic nitrogens is 2. The monoisotopic (exact) mass is 300 g/mol. The Bertz CT molecular complexity index is 845. The van der Waals surface area contributed by atoms with Gasteiger partial charge < -0.3 is 5.11 Å². The van der Waals surface area contributed by atoms with Crippen LogP contribution in [0.15, 0.2) is 59.7 Å². The average molecular weight is 301 g/mol. The molecule has 2 aromatic carbocycles. The fraction of sp³-hybridized carbons (Fsp3) is 0.125. The zero-order valence-corrected chi connectivity index (χ0v) is 11.9. The predicted octanol–water partition coefficient (Wildman–Crippen LogP) is 2.78. The Morgan fingerprint density at radius 1 is 1.14 bits per heavy atom. The van der Waals surface area contributed by atoms with Crippen LogP contribution in [0.5, 0.6) is 0 Å².